The molecule has 3 heterocycles. The van der Waals surface area contributed by atoms with Crippen molar-refractivity contribution in [3.8, 4) is 0 Å². The van der Waals surface area contributed by atoms with E-state index in [2.05, 4.69) is 49.0 Å². The number of anilines is 1. The van der Waals surface area contributed by atoms with E-state index in [-0.39, 0.29) is 0 Å². The second-order valence-corrected chi connectivity index (χ2v) is 6.02. The van der Waals surface area contributed by atoms with E-state index in [0.29, 0.717) is 6.04 Å². The molecule has 5 heteroatoms. The first kappa shape index (κ1) is 12.4. The Morgan fingerprint density at radius 2 is 2.06 bits per heavy atom. The molecule has 2 fully saturated rings. The number of rotatable bonds is 2. The van der Waals surface area contributed by atoms with E-state index < -0.39 is 0 Å². The van der Waals surface area contributed by atoms with Crippen molar-refractivity contribution in [3.05, 3.63) is 22.3 Å². The number of nitrogens with zero attached hydrogens (tertiary/aromatic N) is 3. The molecule has 1 N–H and O–H groups in total. The Kier molecular flexibility index (Phi) is 3.54. The summed E-state index contributed by atoms with van der Waals surface area (Å²) in [6, 6.07) is 2.85. The van der Waals surface area contributed by atoms with Crippen LogP contribution in [0.3, 0.4) is 0 Å². The van der Waals surface area contributed by atoms with E-state index >= 15 is 0 Å². The highest BCUT2D eigenvalue weighted by molar-refractivity contribution is 9.10. The largest absolute Gasteiger partial charge is 0.352 e. The van der Waals surface area contributed by atoms with Crippen LogP contribution in [-0.4, -0.2) is 55.2 Å². The maximum absolute atomic E-state index is 4.53. The summed E-state index contributed by atoms with van der Waals surface area (Å²) in [5.41, 5.74) is 1.20. The average molecular weight is 311 g/mol. The molecule has 0 unspecified atom stereocenters. The molecule has 2 saturated heterocycles. The maximum Gasteiger partial charge on any atom is 0.142 e. The SMILES string of the molecule is Cc1cnc(N2CC(N3CCNCC3)C2)c(Br)c1. The Morgan fingerprint density at radius 1 is 1.33 bits per heavy atom. The molecule has 1 aromatic rings. The van der Waals surface area contributed by atoms with Crippen molar-refractivity contribution in [1.82, 2.24) is 15.2 Å². The van der Waals surface area contributed by atoms with Crippen molar-refractivity contribution in [1.29, 1.82) is 0 Å². The van der Waals surface area contributed by atoms with Gasteiger partial charge in [-0.2, -0.15) is 0 Å². The van der Waals surface area contributed by atoms with Crippen LogP contribution in [0.4, 0.5) is 5.82 Å². The molecule has 3 rings (SSSR count). The Bertz CT molecular complexity index is 425. The predicted octanol–water partition coefficient (Wildman–Crippen LogP) is 1.25. The number of halogens is 1. The lowest BCUT2D eigenvalue weighted by molar-refractivity contribution is 0.147. The third-order valence-corrected chi connectivity index (χ3v) is 4.37. The summed E-state index contributed by atoms with van der Waals surface area (Å²) < 4.78 is 1.11. The van der Waals surface area contributed by atoms with Gasteiger partial charge in [0.2, 0.25) is 0 Å². The molecule has 2 aliphatic rings. The molecule has 0 amide bonds. The quantitative estimate of drug-likeness (QED) is 0.891. The van der Waals surface area contributed by atoms with Gasteiger partial charge < -0.3 is 10.2 Å². The summed E-state index contributed by atoms with van der Waals surface area (Å²) in [6.07, 6.45) is 1.94. The van der Waals surface area contributed by atoms with Crippen molar-refractivity contribution in [3.63, 3.8) is 0 Å². The molecular weight excluding hydrogens is 292 g/mol. The Balaban J connectivity index is 1.61. The fraction of sp³-hybridized carbons (Fsp3) is 0.615. The monoisotopic (exact) mass is 310 g/mol. The van der Waals surface area contributed by atoms with Gasteiger partial charge in [-0.05, 0) is 34.5 Å². The topological polar surface area (TPSA) is 31.4 Å². The molecule has 1 aromatic heterocycles. The molecule has 2 aliphatic heterocycles. The van der Waals surface area contributed by atoms with Gasteiger partial charge in [-0.3, -0.25) is 4.90 Å². The highest BCUT2D eigenvalue weighted by Gasteiger charge is 2.33. The minimum atomic E-state index is 0.710. The first-order chi connectivity index (χ1) is 8.74. The highest BCUT2D eigenvalue weighted by Crippen LogP contribution is 2.29. The van der Waals surface area contributed by atoms with Crippen LogP contribution in [-0.2, 0) is 0 Å². The number of aryl methyl sites for hydroxylation is 1. The van der Waals surface area contributed by atoms with E-state index in [4.69, 9.17) is 0 Å². The van der Waals surface area contributed by atoms with Crippen LogP contribution in [0.25, 0.3) is 0 Å². The summed E-state index contributed by atoms with van der Waals surface area (Å²) in [5, 5.41) is 3.40. The molecule has 0 aliphatic carbocycles. The summed E-state index contributed by atoms with van der Waals surface area (Å²) in [7, 11) is 0. The Labute approximate surface area is 116 Å². The van der Waals surface area contributed by atoms with E-state index in [0.717, 1.165) is 36.5 Å². The first-order valence-electron chi connectivity index (χ1n) is 6.56. The molecular formula is C13H19BrN4. The fourth-order valence-corrected chi connectivity index (χ4v) is 3.38. The summed E-state index contributed by atoms with van der Waals surface area (Å²) >= 11 is 3.61. The number of nitrogens with one attached hydrogen (secondary N) is 1. The van der Waals surface area contributed by atoms with Gasteiger partial charge in [-0.1, -0.05) is 0 Å². The molecule has 0 spiro atoms. The zero-order valence-corrected chi connectivity index (χ0v) is 12.3. The van der Waals surface area contributed by atoms with Gasteiger partial charge in [0.15, 0.2) is 0 Å². The van der Waals surface area contributed by atoms with Crippen LogP contribution in [0.1, 0.15) is 5.56 Å². The van der Waals surface area contributed by atoms with Crippen molar-refractivity contribution >= 4 is 21.7 Å². The molecule has 18 heavy (non-hydrogen) atoms. The van der Waals surface area contributed by atoms with Crippen molar-refractivity contribution in [2.45, 2.75) is 13.0 Å². The zero-order valence-electron chi connectivity index (χ0n) is 10.7. The van der Waals surface area contributed by atoms with Crippen LogP contribution in [0, 0.1) is 6.92 Å². The molecule has 0 radical (unpaired) electrons. The number of hydrogen-bond acceptors (Lipinski definition) is 4. The van der Waals surface area contributed by atoms with Gasteiger partial charge in [0.25, 0.3) is 0 Å². The van der Waals surface area contributed by atoms with Gasteiger partial charge in [0, 0.05) is 51.5 Å². The minimum Gasteiger partial charge on any atom is -0.352 e. The van der Waals surface area contributed by atoms with E-state index in [1.165, 1.54) is 18.7 Å². The third-order valence-electron chi connectivity index (χ3n) is 3.79. The van der Waals surface area contributed by atoms with Crippen molar-refractivity contribution in [2.75, 3.05) is 44.2 Å². The lowest BCUT2D eigenvalue weighted by Gasteiger charge is -2.47. The first-order valence-corrected chi connectivity index (χ1v) is 7.35. The van der Waals surface area contributed by atoms with Crippen LogP contribution >= 0.6 is 15.9 Å². The second-order valence-electron chi connectivity index (χ2n) is 5.16. The molecule has 98 valence electrons. The van der Waals surface area contributed by atoms with Crippen molar-refractivity contribution < 1.29 is 0 Å². The molecule has 4 nitrogen and oxygen atoms in total. The number of piperazine rings is 1. The van der Waals surface area contributed by atoms with Crippen LogP contribution in [0.2, 0.25) is 0 Å². The molecule has 0 aromatic carbocycles. The van der Waals surface area contributed by atoms with Gasteiger partial charge in [-0.15, -0.1) is 0 Å². The normalized spacial score (nSPS) is 22.0. The smallest absolute Gasteiger partial charge is 0.142 e. The number of aromatic nitrogens is 1. The summed E-state index contributed by atoms with van der Waals surface area (Å²) in [4.78, 5) is 9.48. The van der Waals surface area contributed by atoms with Crippen molar-refractivity contribution in [2.24, 2.45) is 0 Å². The number of pyridine rings is 1. The zero-order chi connectivity index (χ0) is 12.5. The fourth-order valence-electron chi connectivity index (χ4n) is 2.67. The van der Waals surface area contributed by atoms with E-state index in [1.54, 1.807) is 0 Å². The van der Waals surface area contributed by atoms with E-state index in [9.17, 15) is 0 Å². The van der Waals surface area contributed by atoms with Gasteiger partial charge in [-0.25, -0.2) is 4.98 Å². The van der Waals surface area contributed by atoms with E-state index in [1.807, 2.05) is 6.20 Å². The molecule has 0 bridgehead atoms. The average Bonchev–Trinajstić information content (AvgIpc) is 2.31. The van der Waals surface area contributed by atoms with Crippen LogP contribution in [0.15, 0.2) is 16.7 Å². The number of hydrogen-bond donors (Lipinski definition) is 1. The predicted molar refractivity (Wildman–Crippen MR) is 77.1 cm³/mol. The van der Waals surface area contributed by atoms with Gasteiger partial charge >= 0.3 is 0 Å². The molecule has 0 atom stereocenters. The second kappa shape index (κ2) is 5.15. The lowest BCUT2D eigenvalue weighted by atomic mass is 10.1. The standard InChI is InChI=1S/C13H19BrN4/c1-10-6-12(14)13(16-7-10)18-8-11(9-18)17-4-2-15-3-5-17/h6-7,11,15H,2-5,8-9H2,1H3. The molecule has 0 saturated carbocycles. The van der Waals surface area contributed by atoms with Gasteiger partial charge in [0.05, 0.1) is 4.47 Å². The van der Waals surface area contributed by atoms with Crippen LogP contribution < -0.4 is 10.2 Å². The van der Waals surface area contributed by atoms with Crippen LogP contribution in [0.5, 0.6) is 0 Å². The lowest BCUT2D eigenvalue weighted by Crippen LogP contribution is -2.63. The Hall–Kier alpha value is -0.650. The highest BCUT2D eigenvalue weighted by atomic mass is 79.9. The maximum atomic E-state index is 4.53. The van der Waals surface area contributed by atoms with Gasteiger partial charge in [0.1, 0.15) is 5.82 Å². The summed E-state index contributed by atoms with van der Waals surface area (Å²) in [6.45, 7) is 8.90. The summed E-state index contributed by atoms with van der Waals surface area (Å²) in [5.74, 6) is 1.09. The Morgan fingerprint density at radius 3 is 2.72 bits per heavy atom. The minimum absolute atomic E-state index is 0.710. The third kappa shape index (κ3) is 2.39.